The van der Waals surface area contributed by atoms with Gasteiger partial charge in [-0.25, -0.2) is 0 Å². The van der Waals surface area contributed by atoms with Gasteiger partial charge in [0.1, 0.15) is 11.5 Å². The van der Waals surface area contributed by atoms with Gasteiger partial charge in [0.2, 0.25) is 0 Å². The number of nitrogens with zero attached hydrogens (tertiary/aromatic N) is 1. The van der Waals surface area contributed by atoms with Gasteiger partial charge in [-0.15, -0.1) is 0 Å². The summed E-state index contributed by atoms with van der Waals surface area (Å²) >= 11 is 0. The lowest BCUT2D eigenvalue weighted by atomic mass is 10.1. The first-order valence-electron chi connectivity index (χ1n) is 10.5. The maximum atomic E-state index is 13.2. The number of anilines is 2. The van der Waals surface area contributed by atoms with Crippen LogP contribution in [-0.2, 0) is 4.79 Å². The molecule has 0 aliphatic heterocycles. The van der Waals surface area contributed by atoms with Crippen LogP contribution in [0.25, 0.3) is 10.8 Å². The summed E-state index contributed by atoms with van der Waals surface area (Å²) in [4.78, 5) is 27.4. The summed E-state index contributed by atoms with van der Waals surface area (Å²) < 4.78 is 11.2. The van der Waals surface area contributed by atoms with Crippen LogP contribution in [-0.4, -0.2) is 32.6 Å². The number of rotatable bonds is 7. The van der Waals surface area contributed by atoms with Crippen LogP contribution >= 0.6 is 0 Å². The number of fused-ring (bicyclic) bond motifs is 1. The van der Waals surface area contributed by atoms with Crippen LogP contribution in [0, 0.1) is 0 Å². The number of carbonyl (C=O) groups excluding carboxylic acids is 2. The van der Waals surface area contributed by atoms with E-state index in [-0.39, 0.29) is 18.4 Å². The van der Waals surface area contributed by atoms with Gasteiger partial charge < -0.3 is 19.7 Å². The molecule has 0 heterocycles. The SMILES string of the molecule is COc1ccccc1NC(=O)c1cc2ccccc2cc1OCC(=O)N(C)c1ccccc1. The molecule has 1 N–H and O–H groups in total. The number of para-hydroxylation sites is 3. The molecule has 33 heavy (non-hydrogen) atoms. The predicted octanol–water partition coefficient (Wildman–Crippen LogP) is 5.14. The van der Waals surface area contributed by atoms with E-state index >= 15 is 0 Å². The summed E-state index contributed by atoms with van der Waals surface area (Å²) in [7, 11) is 3.24. The van der Waals surface area contributed by atoms with Crippen molar-refractivity contribution in [1.29, 1.82) is 0 Å². The second kappa shape index (κ2) is 9.87. The number of methoxy groups -OCH3 is 1. The minimum atomic E-state index is -0.357. The Labute approximate surface area is 192 Å². The van der Waals surface area contributed by atoms with Crippen molar-refractivity contribution < 1.29 is 19.1 Å². The van der Waals surface area contributed by atoms with E-state index in [1.807, 2.05) is 66.7 Å². The first-order valence-corrected chi connectivity index (χ1v) is 10.5. The average molecular weight is 440 g/mol. The Kier molecular flexibility index (Phi) is 6.55. The summed E-state index contributed by atoms with van der Waals surface area (Å²) in [6.45, 7) is -0.210. The second-order valence-corrected chi connectivity index (χ2v) is 7.43. The number of amides is 2. The summed E-state index contributed by atoms with van der Waals surface area (Å²) in [5, 5.41) is 4.68. The van der Waals surface area contributed by atoms with Crippen molar-refractivity contribution in [2.24, 2.45) is 0 Å². The Morgan fingerprint density at radius 1 is 0.818 bits per heavy atom. The van der Waals surface area contributed by atoms with Crippen LogP contribution in [0.2, 0.25) is 0 Å². The van der Waals surface area contributed by atoms with Gasteiger partial charge >= 0.3 is 0 Å². The quantitative estimate of drug-likeness (QED) is 0.432. The molecule has 0 atom stereocenters. The van der Waals surface area contributed by atoms with Crippen molar-refractivity contribution in [3.05, 3.63) is 96.6 Å². The van der Waals surface area contributed by atoms with E-state index < -0.39 is 0 Å². The molecule has 4 rings (SSSR count). The van der Waals surface area contributed by atoms with Crippen molar-refractivity contribution >= 4 is 34.0 Å². The molecule has 6 nitrogen and oxygen atoms in total. The van der Waals surface area contributed by atoms with Gasteiger partial charge in [-0.05, 0) is 47.2 Å². The normalized spacial score (nSPS) is 10.5. The van der Waals surface area contributed by atoms with E-state index in [0.717, 1.165) is 16.5 Å². The van der Waals surface area contributed by atoms with Gasteiger partial charge in [0.05, 0.1) is 18.4 Å². The highest BCUT2D eigenvalue weighted by Crippen LogP contribution is 2.29. The molecular formula is C27H24N2O4. The fraction of sp³-hybridized carbons (Fsp3) is 0.111. The zero-order chi connectivity index (χ0) is 23.2. The van der Waals surface area contributed by atoms with E-state index in [2.05, 4.69) is 5.32 Å². The third-order valence-corrected chi connectivity index (χ3v) is 5.32. The Hall–Kier alpha value is -4.32. The smallest absolute Gasteiger partial charge is 0.264 e. The molecule has 0 aliphatic rings. The maximum Gasteiger partial charge on any atom is 0.264 e. The molecule has 6 heteroatoms. The first kappa shape index (κ1) is 21.9. The Morgan fingerprint density at radius 2 is 1.45 bits per heavy atom. The van der Waals surface area contributed by atoms with E-state index in [1.54, 1.807) is 38.4 Å². The van der Waals surface area contributed by atoms with Crippen molar-refractivity contribution in [3.63, 3.8) is 0 Å². The van der Waals surface area contributed by atoms with Crippen molar-refractivity contribution in [3.8, 4) is 11.5 Å². The molecule has 0 saturated heterocycles. The molecule has 0 fully saturated rings. The lowest BCUT2D eigenvalue weighted by Gasteiger charge is -2.19. The van der Waals surface area contributed by atoms with Gasteiger partial charge in [-0.3, -0.25) is 9.59 Å². The van der Waals surface area contributed by atoms with Crippen LogP contribution in [0.3, 0.4) is 0 Å². The zero-order valence-electron chi connectivity index (χ0n) is 18.4. The van der Waals surface area contributed by atoms with Crippen molar-refractivity contribution in [2.75, 3.05) is 31.0 Å². The molecule has 0 unspecified atom stereocenters. The predicted molar refractivity (Wildman–Crippen MR) is 130 cm³/mol. The summed E-state index contributed by atoms with van der Waals surface area (Å²) in [5.41, 5.74) is 1.64. The van der Waals surface area contributed by atoms with Crippen LogP contribution in [0.4, 0.5) is 11.4 Å². The Balaban J connectivity index is 1.60. The third-order valence-electron chi connectivity index (χ3n) is 5.32. The molecule has 2 amide bonds. The lowest BCUT2D eigenvalue weighted by Crippen LogP contribution is -2.31. The summed E-state index contributed by atoms with van der Waals surface area (Å²) in [6, 6.07) is 27.7. The van der Waals surface area contributed by atoms with Gasteiger partial charge in [0.15, 0.2) is 6.61 Å². The summed E-state index contributed by atoms with van der Waals surface area (Å²) in [5.74, 6) is 0.291. The number of carbonyl (C=O) groups is 2. The van der Waals surface area contributed by atoms with E-state index in [4.69, 9.17) is 9.47 Å². The third kappa shape index (κ3) is 4.96. The molecule has 4 aromatic carbocycles. The Morgan fingerprint density at radius 3 is 2.18 bits per heavy atom. The molecule has 0 aromatic heterocycles. The van der Waals surface area contributed by atoms with Crippen LogP contribution in [0.15, 0.2) is 91.0 Å². The van der Waals surface area contributed by atoms with E-state index in [9.17, 15) is 9.59 Å². The molecule has 166 valence electrons. The molecule has 0 saturated carbocycles. The zero-order valence-corrected chi connectivity index (χ0v) is 18.4. The number of hydrogen-bond acceptors (Lipinski definition) is 4. The molecule has 0 radical (unpaired) electrons. The van der Waals surface area contributed by atoms with Gasteiger partial charge in [-0.1, -0.05) is 54.6 Å². The number of benzene rings is 4. The number of hydrogen-bond donors (Lipinski definition) is 1. The van der Waals surface area contributed by atoms with Gasteiger partial charge in [0.25, 0.3) is 11.8 Å². The van der Waals surface area contributed by atoms with Crippen molar-refractivity contribution in [2.45, 2.75) is 0 Å². The topological polar surface area (TPSA) is 67.9 Å². The monoisotopic (exact) mass is 440 g/mol. The molecule has 0 bridgehead atoms. The molecule has 0 aliphatic carbocycles. The molecule has 0 spiro atoms. The molecular weight excluding hydrogens is 416 g/mol. The van der Waals surface area contributed by atoms with Crippen LogP contribution < -0.4 is 19.7 Å². The highest BCUT2D eigenvalue weighted by molar-refractivity contribution is 6.09. The van der Waals surface area contributed by atoms with Gasteiger partial charge in [0, 0.05) is 12.7 Å². The number of ether oxygens (including phenoxy) is 2. The fourth-order valence-electron chi connectivity index (χ4n) is 3.49. The minimum Gasteiger partial charge on any atom is -0.495 e. The Bertz CT molecular complexity index is 1290. The van der Waals surface area contributed by atoms with Crippen molar-refractivity contribution in [1.82, 2.24) is 0 Å². The van der Waals surface area contributed by atoms with Crippen LogP contribution in [0.1, 0.15) is 10.4 Å². The number of nitrogens with one attached hydrogen (secondary N) is 1. The highest BCUT2D eigenvalue weighted by Gasteiger charge is 2.18. The average Bonchev–Trinajstić information content (AvgIpc) is 2.87. The standard InChI is InChI=1S/C27H24N2O4/c1-29(21-12-4-3-5-13-21)26(30)18-33-25-17-20-11-7-6-10-19(20)16-22(25)27(31)28-23-14-8-9-15-24(23)32-2/h3-17H,18H2,1-2H3,(H,28,31). The highest BCUT2D eigenvalue weighted by atomic mass is 16.5. The minimum absolute atomic E-state index is 0.210. The first-order chi connectivity index (χ1) is 16.1. The fourth-order valence-corrected chi connectivity index (χ4v) is 3.49. The number of likely N-dealkylation sites (N-methyl/N-ethyl adjacent to an activating group) is 1. The molecule has 4 aromatic rings. The van der Waals surface area contributed by atoms with E-state index in [1.165, 1.54) is 4.90 Å². The van der Waals surface area contributed by atoms with Gasteiger partial charge in [-0.2, -0.15) is 0 Å². The summed E-state index contributed by atoms with van der Waals surface area (Å²) in [6.07, 6.45) is 0. The van der Waals surface area contributed by atoms with Crippen LogP contribution in [0.5, 0.6) is 11.5 Å². The maximum absolute atomic E-state index is 13.2. The largest absolute Gasteiger partial charge is 0.495 e. The van der Waals surface area contributed by atoms with E-state index in [0.29, 0.717) is 22.7 Å². The lowest BCUT2D eigenvalue weighted by molar-refractivity contribution is -0.120. The second-order valence-electron chi connectivity index (χ2n) is 7.43.